The van der Waals surface area contributed by atoms with Gasteiger partial charge in [-0.2, -0.15) is 0 Å². The van der Waals surface area contributed by atoms with Gasteiger partial charge in [-0.05, 0) is 31.0 Å². The summed E-state index contributed by atoms with van der Waals surface area (Å²) in [6, 6.07) is 8.00. The number of hydrogen-bond donors (Lipinski definition) is 1. The fourth-order valence-corrected chi connectivity index (χ4v) is 1.71. The van der Waals surface area contributed by atoms with Crippen LogP contribution < -0.4 is 10.6 Å². The van der Waals surface area contributed by atoms with E-state index in [4.69, 9.17) is 5.73 Å². The summed E-state index contributed by atoms with van der Waals surface area (Å²) in [6.45, 7) is 2.02. The van der Waals surface area contributed by atoms with Crippen LogP contribution in [0.3, 0.4) is 0 Å². The lowest BCUT2D eigenvalue weighted by atomic mass is 10.2. The molecular weight excluding hydrogens is 188 g/mol. The lowest BCUT2D eigenvalue weighted by Crippen LogP contribution is -2.29. The van der Waals surface area contributed by atoms with E-state index in [1.807, 2.05) is 38.2 Å². The zero-order valence-electron chi connectivity index (χ0n) is 9.10. The summed E-state index contributed by atoms with van der Waals surface area (Å²) in [4.78, 5) is 13.6. The van der Waals surface area contributed by atoms with Gasteiger partial charge in [0.05, 0.1) is 5.92 Å². The molecule has 1 aliphatic rings. The Labute approximate surface area is 89.9 Å². The fraction of sp³-hybridized carbons (Fsp3) is 0.417. The molecule has 0 saturated heterocycles. The van der Waals surface area contributed by atoms with E-state index in [0.717, 1.165) is 17.7 Å². The first-order valence-corrected chi connectivity index (χ1v) is 5.19. The molecule has 2 N–H and O–H groups in total. The summed E-state index contributed by atoms with van der Waals surface area (Å²) >= 11 is 0. The molecule has 2 unspecified atom stereocenters. The Morgan fingerprint density at radius 1 is 1.53 bits per heavy atom. The van der Waals surface area contributed by atoms with Gasteiger partial charge in [-0.3, -0.25) is 4.79 Å². The van der Waals surface area contributed by atoms with Crippen LogP contribution in [0.2, 0.25) is 0 Å². The quantitative estimate of drug-likeness (QED) is 0.789. The molecule has 2 atom stereocenters. The third kappa shape index (κ3) is 2.02. The van der Waals surface area contributed by atoms with Gasteiger partial charge in [-0.25, -0.2) is 0 Å². The Morgan fingerprint density at radius 2 is 2.20 bits per heavy atom. The largest absolute Gasteiger partial charge is 0.327 e. The molecule has 3 heteroatoms. The molecule has 0 bridgehead atoms. The molecule has 0 aromatic heterocycles. The average molecular weight is 204 g/mol. The van der Waals surface area contributed by atoms with Gasteiger partial charge in [0.15, 0.2) is 0 Å². The number of nitrogens with two attached hydrogens (primary N) is 1. The summed E-state index contributed by atoms with van der Waals surface area (Å²) in [5.41, 5.74) is 7.77. The molecule has 80 valence electrons. The minimum atomic E-state index is 0.0375. The van der Waals surface area contributed by atoms with Crippen LogP contribution in [-0.2, 0) is 4.79 Å². The van der Waals surface area contributed by atoms with Crippen molar-refractivity contribution in [3.63, 3.8) is 0 Å². The number of anilines is 1. The number of nitrogens with zero attached hydrogens (tertiary/aromatic N) is 1. The molecule has 2 rings (SSSR count). The monoisotopic (exact) mass is 204 g/mol. The van der Waals surface area contributed by atoms with Gasteiger partial charge in [0.25, 0.3) is 0 Å². The number of aryl methyl sites for hydroxylation is 1. The molecule has 1 amide bonds. The predicted octanol–water partition coefficient (Wildman–Crippen LogP) is 1.31. The van der Waals surface area contributed by atoms with Crippen molar-refractivity contribution < 1.29 is 4.79 Å². The van der Waals surface area contributed by atoms with E-state index >= 15 is 0 Å². The second-order valence-corrected chi connectivity index (χ2v) is 4.24. The highest BCUT2D eigenvalue weighted by Crippen LogP contribution is 2.31. The molecule has 1 fully saturated rings. The molecule has 0 radical (unpaired) electrons. The zero-order chi connectivity index (χ0) is 11.0. The Hall–Kier alpha value is -1.35. The highest BCUT2D eigenvalue weighted by molar-refractivity contribution is 5.96. The SMILES string of the molecule is Cc1cccc(N(C)C(=O)C2CC2N)c1. The number of carbonyl (C=O) groups is 1. The van der Waals surface area contributed by atoms with Crippen LogP contribution in [0.5, 0.6) is 0 Å². The second-order valence-electron chi connectivity index (χ2n) is 4.24. The van der Waals surface area contributed by atoms with E-state index in [-0.39, 0.29) is 17.9 Å². The van der Waals surface area contributed by atoms with Crippen molar-refractivity contribution in [1.82, 2.24) is 0 Å². The third-order valence-corrected chi connectivity index (χ3v) is 2.88. The lowest BCUT2D eigenvalue weighted by Gasteiger charge is -2.17. The van der Waals surface area contributed by atoms with Crippen LogP contribution in [0.1, 0.15) is 12.0 Å². The predicted molar refractivity (Wildman–Crippen MR) is 60.7 cm³/mol. The summed E-state index contributed by atoms with van der Waals surface area (Å²) < 4.78 is 0. The average Bonchev–Trinajstić information content (AvgIpc) is 2.93. The van der Waals surface area contributed by atoms with Gasteiger partial charge >= 0.3 is 0 Å². The Morgan fingerprint density at radius 3 is 2.73 bits per heavy atom. The van der Waals surface area contributed by atoms with Crippen molar-refractivity contribution in [2.24, 2.45) is 11.7 Å². The lowest BCUT2D eigenvalue weighted by molar-refractivity contribution is -0.119. The van der Waals surface area contributed by atoms with Crippen LogP contribution in [0.4, 0.5) is 5.69 Å². The summed E-state index contributed by atoms with van der Waals surface area (Å²) in [7, 11) is 1.81. The van der Waals surface area contributed by atoms with Crippen LogP contribution in [0, 0.1) is 12.8 Å². The minimum Gasteiger partial charge on any atom is -0.327 e. The van der Waals surface area contributed by atoms with Crippen LogP contribution in [-0.4, -0.2) is 19.0 Å². The van der Waals surface area contributed by atoms with Gasteiger partial charge in [-0.15, -0.1) is 0 Å². The maximum Gasteiger partial charge on any atom is 0.231 e. The van der Waals surface area contributed by atoms with E-state index in [1.165, 1.54) is 0 Å². The van der Waals surface area contributed by atoms with Gasteiger partial charge < -0.3 is 10.6 Å². The van der Waals surface area contributed by atoms with Crippen molar-refractivity contribution in [3.8, 4) is 0 Å². The highest BCUT2D eigenvalue weighted by Gasteiger charge is 2.41. The molecule has 0 heterocycles. The van der Waals surface area contributed by atoms with E-state index in [9.17, 15) is 4.79 Å². The topological polar surface area (TPSA) is 46.3 Å². The van der Waals surface area contributed by atoms with Gasteiger partial charge in [0.2, 0.25) is 5.91 Å². The van der Waals surface area contributed by atoms with Crippen LogP contribution in [0.25, 0.3) is 0 Å². The summed E-state index contributed by atoms with van der Waals surface area (Å²) in [6.07, 6.45) is 0.828. The first-order chi connectivity index (χ1) is 7.09. The van der Waals surface area contributed by atoms with Crippen LogP contribution in [0.15, 0.2) is 24.3 Å². The molecular formula is C12H16N2O. The van der Waals surface area contributed by atoms with E-state index in [0.29, 0.717) is 0 Å². The van der Waals surface area contributed by atoms with E-state index in [2.05, 4.69) is 0 Å². The summed E-state index contributed by atoms with van der Waals surface area (Å²) in [5.74, 6) is 0.170. The van der Waals surface area contributed by atoms with Crippen molar-refractivity contribution in [2.75, 3.05) is 11.9 Å². The Bertz CT molecular complexity index is 389. The fourth-order valence-electron chi connectivity index (χ4n) is 1.71. The Balaban J connectivity index is 2.13. The molecule has 1 aromatic carbocycles. The van der Waals surface area contributed by atoms with Crippen molar-refractivity contribution in [2.45, 2.75) is 19.4 Å². The summed E-state index contributed by atoms with van der Waals surface area (Å²) in [5, 5.41) is 0. The molecule has 0 aliphatic heterocycles. The maximum absolute atomic E-state index is 11.9. The number of carbonyl (C=O) groups excluding carboxylic acids is 1. The molecule has 0 spiro atoms. The standard InChI is InChI=1S/C12H16N2O/c1-8-4-3-5-9(6-8)14(2)12(15)10-7-11(10)13/h3-6,10-11H,7,13H2,1-2H3. The van der Waals surface area contributed by atoms with Crippen LogP contribution >= 0.6 is 0 Å². The maximum atomic E-state index is 11.9. The first kappa shape index (κ1) is 10.2. The molecule has 1 saturated carbocycles. The smallest absolute Gasteiger partial charge is 0.231 e. The van der Waals surface area contributed by atoms with Gasteiger partial charge in [0, 0.05) is 18.8 Å². The van der Waals surface area contributed by atoms with Gasteiger partial charge in [0.1, 0.15) is 0 Å². The number of amides is 1. The molecule has 3 nitrogen and oxygen atoms in total. The van der Waals surface area contributed by atoms with Crippen molar-refractivity contribution >= 4 is 11.6 Å². The highest BCUT2D eigenvalue weighted by atomic mass is 16.2. The van der Waals surface area contributed by atoms with Crippen molar-refractivity contribution in [3.05, 3.63) is 29.8 Å². The minimum absolute atomic E-state index is 0.0375. The first-order valence-electron chi connectivity index (χ1n) is 5.19. The Kier molecular flexibility index (Phi) is 2.49. The zero-order valence-corrected chi connectivity index (χ0v) is 9.10. The van der Waals surface area contributed by atoms with E-state index < -0.39 is 0 Å². The molecule has 15 heavy (non-hydrogen) atoms. The second kappa shape index (κ2) is 3.66. The normalized spacial score (nSPS) is 23.7. The van der Waals surface area contributed by atoms with Gasteiger partial charge in [-0.1, -0.05) is 12.1 Å². The number of hydrogen-bond acceptors (Lipinski definition) is 2. The third-order valence-electron chi connectivity index (χ3n) is 2.88. The van der Waals surface area contributed by atoms with E-state index in [1.54, 1.807) is 4.90 Å². The molecule has 1 aromatic rings. The number of benzene rings is 1. The number of rotatable bonds is 2. The molecule has 1 aliphatic carbocycles. The van der Waals surface area contributed by atoms with Crippen molar-refractivity contribution in [1.29, 1.82) is 0 Å².